The summed E-state index contributed by atoms with van der Waals surface area (Å²) in [4.78, 5) is 8.42. The first kappa shape index (κ1) is 12.9. The van der Waals surface area contributed by atoms with Crippen molar-refractivity contribution in [3.05, 3.63) is 47.3 Å². The standard InChI is InChI=1S/C16H20N4/c1-2-14-15(17)18-10-19-16(14)20-13-8-7-11-5-3-4-6-12(11)9-13/h3-6,10,13H,2,7-9H2,1H3,(H3,17,18,19,20). The summed E-state index contributed by atoms with van der Waals surface area (Å²) in [6.45, 7) is 2.08. The van der Waals surface area contributed by atoms with Crippen LogP contribution in [0.1, 0.15) is 30.0 Å². The fourth-order valence-electron chi connectivity index (χ4n) is 2.91. The molecule has 0 bridgehead atoms. The van der Waals surface area contributed by atoms with E-state index in [0.29, 0.717) is 11.9 Å². The van der Waals surface area contributed by atoms with Gasteiger partial charge in [-0.05, 0) is 36.8 Å². The fraction of sp³-hybridized carbons (Fsp3) is 0.375. The molecule has 1 aromatic heterocycles. The van der Waals surface area contributed by atoms with Crippen molar-refractivity contribution in [2.45, 2.75) is 38.6 Å². The molecule has 3 rings (SSSR count). The van der Waals surface area contributed by atoms with Gasteiger partial charge in [0.15, 0.2) is 0 Å². The Balaban J connectivity index is 1.79. The zero-order valence-electron chi connectivity index (χ0n) is 11.8. The first-order valence-corrected chi connectivity index (χ1v) is 7.20. The normalized spacial score (nSPS) is 17.6. The Hall–Kier alpha value is -2.10. The molecule has 1 atom stereocenters. The number of nitrogens with two attached hydrogens (primary N) is 1. The number of nitrogens with one attached hydrogen (secondary N) is 1. The zero-order chi connectivity index (χ0) is 13.9. The minimum absolute atomic E-state index is 0.421. The molecule has 0 amide bonds. The van der Waals surface area contributed by atoms with E-state index in [0.717, 1.165) is 37.1 Å². The Kier molecular flexibility index (Phi) is 3.54. The molecule has 2 aromatic rings. The Morgan fingerprint density at radius 3 is 2.85 bits per heavy atom. The molecule has 104 valence electrons. The van der Waals surface area contributed by atoms with E-state index in [9.17, 15) is 0 Å². The number of anilines is 2. The second kappa shape index (κ2) is 5.49. The number of nitrogens with zero attached hydrogens (tertiary/aromatic N) is 2. The highest BCUT2D eigenvalue weighted by Gasteiger charge is 2.19. The van der Waals surface area contributed by atoms with Gasteiger partial charge in [-0.25, -0.2) is 9.97 Å². The third-order valence-electron chi connectivity index (χ3n) is 4.02. The fourth-order valence-corrected chi connectivity index (χ4v) is 2.91. The van der Waals surface area contributed by atoms with Crippen molar-refractivity contribution in [3.8, 4) is 0 Å². The molecule has 1 aliphatic rings. The molecular weight excluding hydrogens is 248 g/mol. The van der Waals surface area contributed by atoms with Crippen LogP contribution >= 0.6 is 0 Å². The van der Waals surface area contributed by atoms with Crippen molar-refractivity contribution in [1.82, 2.24) is 9.97 Å². The van der Waals surface area contributed by atoms with Gasteiger partial charge >= 0.3 is 0 Å². The molecular formula is C16H20N4. The monoisotopic (exact) mass is 268 g/mol. The SMILES string of the molecule is CCc1c(N)ncnc1NC1CCc2ccccc2C1. The molecule has 0 saturated heterocycles. The summed E-state index contributed by atoms with van der Waals surface area (Å²) in [5, 5.41) is 3.55. The summed E-state index contributed by atoms with van der Waals surface area (Å²) in [7, 11) is 0. The summed E-state index contributed by atoms with van der Waals surface area (Å²) >= 11 is 0. The van der Waals surface area contributed by atoms with Crippen LogP contribution in [-0.2, 0) is 19.3 Å². The molecule has 1 unspecified atom stereocenters. The molecule has 1 aliphatic carbocycles. The van der Waals surface area contributed by atoms with Gasteiger partial charge in [0.1, 0.15) is 18.0 Å². The molecule has 20 heavy (non-hydrogen) atoms. The molecule has 1 aromatic carbocycles. The minimum Gasteiger partial charge on any atom is -0.383 e. The van der Waals surface area contributed by atoms with Crippen LogP contribution in [0.2, 0.25) is 0 Å². The third kappa shape index (κ3) is 2.46. The maximum absolute atomic E-state index is 5.92. The lowest BCUT2D eigenvalue weighted by molar-refractivity contribution is 0.608. The maximum Gasteiger partial charge on any atom is 0.134 e. The Labute approximate surface area is 119 Å². The summed E-state index contributed by atoms with van der Waals surface area (Å²) in [6.07, 6.45) is 5.68. The summed E-state index contributed by atoms with van der Waals surface area (Å²) in [6, 6.07) is 9.10. The summed E-state index contributed by atoms with van der Waals surface area (Å²) in [5.74, 6) is 1.48. The van der Waals surface area contributed by atoms with Gasteiger partial charge in [0, 0.05) is 11.6 Å². The maximum atomic E-state index is 5.92. The van der Waals surface area contributed by atoms with Crippen molar-refractivity contribution in [1.29, 1.82) is 0 Å². The number of rotatable bonds is 3. The number of aromatic nitrogens is 2. The van der Waals surface area contributed by atoms with Crippen LogP contribution in [0.15, 0.2) is 30.6 Å². The second-order valence-electron chi connectivity index (χ2n) is 5.29. The molecule has 4 heteroatoms. The molecule has 1 heterocycles. The van der Waals surface area contributed by atoms with Crippen LogP contribution in [0.4, 0.5) is 11.6 Å². The number of aryl methyl sites for hydroxylation is 1. The largest absolute Gasteiger partial charge is 0.383 e. The number of fused-ring (bicyclic) bond motifs is 1. The van der Waals surface area contributed by atoms with Crippen molar-refractivity contribution in [2.75, 3.05) is 11.1 Å². The lowest BCUT2D eigenvalue weighted by Gasteiger charge is -2.26. The molecule has 0 fully saturated rings. The lowest BCUT2D eigenvalue weighted by atomic mass is 9.88. The smallest absolute Gasteiger partial charge is 0.134 e. The van der Waals surface area contributed by atoms with Crippen molar-refractivity contribution < 1.29 is 0 Å². The number of nitrogen functional groups attached to an aromatic ring is 1. The van der Waals surface area contributed by atoms with E-state index in [-0.39, 0.29) is 0 Å². The molecule has 0 spiro atoms. The second-order valence-corrected chi connectivity index (χ2v) is 5.29. The average Bonchev–Trinajstić information content (AvgIpc) is 2.47. The van der Waals surface area contributed by atoms with Crippen LogP contribution in [0.3, 0.4) is 0 Å². The van der Waals surface area contributed by atoms with Crippen molar-refractivity contribution >= 4 is 11.6 Å². The predicted octanol–water partition coefficient (Wildman–Crippen LogP) is 2.59. The van der Waals surface area contributed by atoms with E-state index in [1.165, 1.54) is 17.5 Å². The van der Waals surface area contributed by atoms with Gasteiger partial charge in [-0.2, -0.15) is 0 Å². The number of hydrogen-bond acceptors (Lipinski definition) is 4. The first-order valence-electron chi connectivity index (χ1n) is 7.20. The highest BCUT2D eigenvalue weighted by atomic mass is 15.1. The van der Waals surface area contributed by atoms with E-state index in [1.807, 2.05) is 0 Å². The predicted molar refractivity (Wildman–Crippen MR) is 81.7 cm³/mol. The zero-order valence-corrected chi connectivity index (χ0v) is 11.8. The van der Waals surface area contributed by atoms with Gasteiger partial charge in [-0.1, -0.05) is 31.2 Å². The Morgan fingerprint density at radius 1 is 1.25 bits per heavy atom. The molecule has 0 aliphatic heterocycles. The van der Waals surface area contributed by atoms with Gasteiger partial charge < -0.3 is 11.1 Å². The number of hydrogen-bond donors (Lipinski definition) is 2. The van der Waals surface area contributed by atoms with Gasteiger partial charge in [-0.15, -0.1) is 0 Å². The van der Waals surface area contributed by atoms with Crippen molar-refractivity contribution in [3.63, 3.8) is 0 Å². The van der Waals surface area contributed by atoms with Crippen LogP contribution < -0.4 is 11.1 Å². The van der Waals surface area contributed by atoms with Crippen LogP contribution in [0.25, 0.3) is 0 Å². The highest BCUT2D eigenvalue weighted by Crippen LogP contribution is 2.25. The quantitative estimate of drug-likeness (QED) is 0.898. The average molecular weight is 268 g/mol. The van der Waals surface area contributed by atoms with Gasteiger partial charge in [0.25, 0.3) is 0 Å². The molecule has 0 saturated carbocycles. The van der Waals surface area contributed by atoms with Crippen molar-refractivity contribution in [2.24, 2.45) is 0 Å². The Morgan fingerprint density at radius 2 is 2.05 bits per heavy atom. The van der Waals surface area contributed by atoms with Gasteiger partial charge in [0.2, 0.25) is 0 Å². The molecule has 4 nitrogen and oxygen atoms in total. The molecule has 0 radical (unpaired) electrons. The Bertz CT molecular complexity index is 609. The van der Waals surface area contributed by atoms with Crippen LogP contribution in [-0.4, -0.2) is 16.0 Å². The topological polar surface area (TPSA) is 63.8 Å². The van der Waals surface area contributed by atoms with Gasteiger partial charge in [-0.3, -0.25) is 0 Å². The highest BCUT2D eigenvalue weighted by molar-refractivity contribution is 5.55. The summed E-state index contributed by atoms with van der Waals surface area (Å²) in [5.41, 5.74) is 9.86. The van der Waals surface area contributed by atoms with E-state index >= 15 is 0 Å². The molecule has 3 N–H and O–H groups in total. The van der Waals surface area contributed by atoms with Crippen LogP contribution in [0.5, 0.6) is 0 Å². The number of benzene rings is 1. The van der Waals surface area contributed by atoms with Crippen LogP contribution in [0, 0.1) is 0 Å². The third-order valence-corrected chi connectivity index (χ3v) is 4.02. The van der Waals surface area contributed by atoms with E-state index in [1.54, 1.807) is 0 Å². The first-order chi connectivity index (χ1) is 9.78. The minimum atomic E-state index is 0.421. The van der Waals surface area contributed by atoms with E-state index in [4.69, 9.17) is 5.73 Å². The lowest BCUT2D eigenvalue weighted by Crippen LogP contribution is -2.28. The summed E-state index contributed by atoms with van der Waals surface area (Å²) < 4.78 is 0. The van der Waals surface area contributed by atoms with E-state index in [2.05, 4.69) is 46.5 Å². The van der Waals surface area contributed by atoms with Gasteiger partial charge in [0.05, 0.1) is 0 Å². The van der Waals surface area contributed by atoms with E-state index < -0.39 is 0 Å².